The SMILES string of the molecule is [B]c1ccc(CCCC(=O)N2CCCC(c3cc4ccc(F)cc4n3CCCOC)C2)cc1. The number of piperidine rings is 1. The monoisotopic (exact) mass is 446 g/mol. The molecule has 4 rings (SSSR count). The first kappa shape index (κ1) is 23.6. The first-order chi connectivity index (χ1) is 16.0. The molecule has 172 valence electrons. The average Bonchev–Trinajstić information content (AvgIpc) is 3.18. The molecule has 1 aliphatic rings. The standard InChI is InChI=1S/C27H32BFN2O2/c1-33-16-4-15-31-25(17-21-10-13-24(29)18-26(21)31)22-6-3-14-30(19-22)27(32)7-2-5-20-8-11-23(28)12-9-20/h8-13,17-18,22H,2-7,14-16,19H2,1H3. The number of carbonyl (C=O) groups excluding carboxylic acids is 1. The summed E-state index contributed by atoms with van der Waals surface area (Å²) in [5, 5.41) is 1.05. The molecule has 1 amide bonds. The van der Waals surface area contributed by atoms with Gasteiger partial charge in [-0.25, -0.2) is 4.39 Å². The fourth-order valence-electron chi connectivity index (χ4n) is 4.93. The van der Waals surface area contributed by atoms with Crippen LogP contribution in [0.25, 0.3) is 10.9 Å². The first-order valence-electron chi connectivity index (χ1n) is 11.9. The lowest BCUT2D eigenvalue weighted by atomic mass is 9.93. The van der Waals surface area contributed by atoms with E-state index in [-0.39, 0.29) is 17.6 Å². The summed E-state index contributed by atoms with van der Waals surface area (Å²) in [7, 11) is 7.45. The molecule has 0 N–H and O–H groups in total. The predicted octanol–water partition coefficient (Wildman–Crippen LogP) is 4.34. The van der Waals surface area contributed by atoms with Crippen LogP contribution in [0.15, 0.2) is 48.5 Å². The molecule has 3 aromatic rings. The Bertz CT molecular complexity index is 1080. The molecule has 1 unspecified atom stereocenters. The van der Waals surface area contributed by atoms with Crippen molar-refractivity contribution in [2.75, 3.05) is 26.8 Å². The van der Waals surface area contributed by atoms with E-state index in [4.69, 9.17) is 12.6 Å². The van der Waals surface area contributed by atoms with Crippen LogP contribution in [0.4, 0.5) is 4.39 Å². The minimum atomic E-state index is -0.221. The quantitative estimate of drug-likeness (QED) is 0.362. The van der Waals surface area contributed by atoms with Gasteiger partial charge in [-0.1, -0.05) is 29.7 Å². The van der Waals surface area contributed by atoms with E-state index in [2.05, 4.69) is 10.6 Å². The third kappa shape index (κ3) is 5.86. The van der Waals surface area contributed by atoms with Gasteiger partial charge in [0.25, 0.3) is 0 Å². The molecule has 2 aromatic carbocycles. The molecule has 0 aliphatic carbocycles. The number of hydrogen-bond acceptors (Lipinski definition) is 2. The number of likely N-dealkylation sites (tertiary alicyclic amines) is 1. The number of carbonyl (C=O) groups is 1. The van der Waals surface area contributed by atoms with Crippen molar-refractivity contribution in [1.29, 1.82) is 0 Å². The van der Waals surface area contributed by atoms with E-state index < -0.39 is 0 Å². The molecule has 1 saturated heterocycles. The highest BCUT2D eigenvalue weighted by atomic mass is 19.1. The Hall–Kier alpha value is -2.60. The summed E-state index contributed by atoms with van der Waals surface area (Å²) in [6, 6.07) is 15.0. The fraction of sp³-hybridized carbons (Fsp3) is 0.444. The highest BCUT2D eigenvalue weighted by molar-refractivity contribution is 6.32. The van der Waals surface area contributed by atoms with E-state index in [1.165, 1.54) is 17.3 Å². The van der Waals surface area contributed by atoms with Gasteiger partial charge in [0.1, 0.15) is 13.7 Å². The van der Waals surface area contributed by atoms with Gasteiger partial charge in [-0.2, -0.15) is 0 Å². The number of rotatable bonds is 9. The predicted molar refractivity (Wildman–Crippen MR) is 132 cm³/mol. The van der Waals surface area contributed by atoms with E-state index in [0.717, 1.165) is 68.1 Å². The Labute approximate surface area is 197 Å². The number of nitrogens with zero attached hydrogens (tertiary/aromatic N) is 2. The molecule has 6 heteroatoms. The minimum Gasteiger partial charge on any atom is -0.385 e. The molecule has 4 nitrogen and oxygen atoms in total. The average molecular weight is 446 g/mol. The molecule has 2 radical (unpaired) electrons. The molecule has 0 spiro atoms. The van der Waals surface area contributed by atoms with Crippen molar-refractivity contribution in [3.05, 3.63) is 65.6 Å². The van der Waals surface area contributed by atoms with Crippen LogP contribution in [0.1, 0.15) is 49.3 Å². The molecule has 1 aromatic heterocycles. The van der Waals surface area contributed by atoms with E-state index in [9.17, 15) is 9.18 Å². The number of benzene rings is 2. The van der Waals surface area contributed by atoms with Crippen LogP contribution in [0.2, 0.25) is 0 Å². The van der Waals surface area contributed by atoms with Crippen LogP contribution in [-0.2, 0) is 22.5 Å². The van der Waals surface area contributed by atoms with Crippen LogP contribution in [0.3, 0.4) is 0 Å². The molecule has 1 fully saturated rings. The molecule has 2 heterocycles. The largest absolute Gasteiger partial charge is 0.385 e. The smallest absolute Gasteiger partial charge is 0.222 e. The third-order valence-electron chi connectivity index (χ3n) is 6.66. The Morgan fingerprint density at radius 1 is 1.15 bits per heavy atom. The molecule has 33 heavy (non-hydrogen) atoms. The number of aromatic nitrogens is 1. The van der Waals surface area contributed by atoms with Gasteiger partial charge in [-0.15, -0.1) is 0 Å². The van der Waals surface area contributed by atoms with Crippen LogP contribution in [-0.4, -0.2) is 50.0 Å². The minimum absolute atomic E-state index is 0.221. The molecule has 0 bridgehead atoms. The topological polar surface area (TPSA) is 34.5 Å². The lowest BCUT2D eigenvalue weighted by molar-refractivity contribution is -0.132. The number of hydrogen-bond donors (Lipinski definition) is 0. The number of fused-ring (bicyclic) bond motifs is 1. The molecule has 0 saturated carbocycles. The number of amides is 1. The van der Waals surface area contributed by atoms with Crippen LogP contribution >= 0.6 is 0 Å². The van der Waals surface area contributed by atoms with E-state index in [0.29, 0.717) is 13.0 Å². The Morgan fingerprint density at radius 3 is 2.76 bits per heavy atom. The highest BCUT2D eigenvalue weighted by Gasteiger charge is 2.27. The maximum absolute atomic E-state index is 14.0. The van der Waals surface area contributed by atoms with E-state index in [1.807, 2.05) is 35.2 Å². The van der Waals surface area contributed by atoms with Crippen molar-refractivity contribution in [3.63, 3.8) is 0 Å². The zero-order valence-electron chi connectivity index (χ0n) is 19.4. The third-order valence-corrected chi connectivity index (χ3v) is 6.66. The summed E-state index contributed by atoms with van der Waals surface area (Å²) in [6.45, 7) is 2.99. The van der Waals surface area contributed by atoms with Crippen molar-refractivity contribution in [2.24, 2.45) is 0 Å². The maximum atomic E-state index is 14.0. The van der Waals surface area contributed by atoms with Crippen molar-refractivity contribution in [1.82, 2.24) is 9.47 Å². The highest BCUT2D eigenvalue weighted by Crippen LogP contribution is 2.32. The van der Waals surface area contributed by atoms with Crippen LogP contribution in [0, 0.1) is 5.82 Å². The second-order valence-corrected chi connectivity index (χ2v) is 9.04. The van der Waals surface area contributed by atoms with Crippen LogP contribution < -0.4 is 5.46 Å². The van der Waals surface area contributed by atoms with Gasteiger partial charge in [0.15, 0.2) is 0 Å². The number of halogens is 1. The second-order valence-electron chi connectivity index (χ2n) is 9.04. The first-order valence-corrected chi connectivity index (χ1v) is 11.9. The van der Waals surface area contributed by atoms with Gasteiger partial charge >= 0.3 is 0 Å². The summed E-state index contributed by atoms with van der Waals surface area (Å²) in [5.41, 5.74) is 4.09. The van der Waals surface area contributed by atoms with Gasteiger partial charge in [-0.05, 0) is 61.9 Å². The normalized spacial score (nSPS) is 16.4. The zero-order chi connectivity index (χ0) is 23.2. The molecule has 1 aliphatic heterocycles. The Morgan fingerprint density at radius 2 is 1.97 bits per heavy atom. The summed E-state index contributed by atoms with van der Waals surface area (Å²) in [6.07, 6.45) is 5.16. The van der Waals surface area contributed by atoms with Gasteiger partial charge < -0.3 is 14.2 Å². The van der Waals surface area contributed by atoms with E-state index in [1.54, 1.807) is 13.2 Å². The molecule has 1 atom stereocenters. The number of ether oxygens (including phenoxy) is 1. The van der Waals surface area contributed by atoms with Crippen molar-refractivity contribution < 1.29 is 13.9 Å². The lowest BCUT2D eigenvalue weighted by Crippen LogP contribution is -2.39. The van der Waals surface area contributed by atoms with Gasteiger partial charge in [0.2, 0.25) is 5.91 Å². The van der Waals surface area contributed by atoms with Gasteiger partial charge in [0, 0.05) is 56.8 Å². The Kier molecular flexibility index (Phi) is 7.87. The second kappa shape index (κ2) is 11.0. The van der Waals surface area contributed by atoms with Gasteiger partial charge in [0.05, 0.1) is 5.52 Å². The van der Waals surface area contributed by atoms with Crippen molar-refractivity contribution >= 4 is 30.1 Å². The zero-order valence-corrected chi connectivity index (χ0v) is 19.4. The summed E-state index contributed by atoms with van der Waals surface area (Å²) in [5.74, 6) is 0.266. The van der Waals surface area contributed by atoms with Crippen molar-refractivity contribution in [2.45, 2.75) is 51.0 Å². The molecular formula is C27H32BFN2O2. The van der Waals surface area contributed by atoms with Crippen molar-refractivity contribution in [3.8, 4) is 0 Å². The van der Waals surface area contributed by atoms with E-state index >= 15 is 0 Å². The lowest BCUT2D eigenvalue weighted by Gasteiger charge is -2.33. The fourth-order valence-corrected chi connectivity index (χ4v) is 4.93. The number of aryl methyl sites for hydroxylation is 2. The summed E-state index contributed by atoms with van der Waals surface area (Å²) >= 11 is 0. The maximum Gasteiger partial charge on any atom is 0.222 e. The summed E-state index contributed by atoms with van der Waals surface area (Å²) < 4.78 is 21.5. The van der Waals surface area contributed by atoms with Crippen LogP contribution in [0.5, 0.6) is 0 Å². The van der Waals surface area contributed by atoms with Gasteiger partial charge in [-0.3, -0.25) is 4.79 Å². The Balaban J connectivity index is 1.43. The molecular weight excluding hydrogens is 414 g/mol. The number of methoxy groups -OCH3 is 1. The summed E-state index contributed by atoms with van der Waals surface area (Å²) in [4.78, 5) is 15.0.